The first kappa shape index (κ1) is 16.7. The van der Waals surface area contributed by atoms with E-state index in [0.717, 1.165) is 26.1 Å². The fourth-order valence-electron chi connectivity index (χ4n) is 3.33. The van der Waals surface area contributed by atoms with Crippen molar-refractivity contribution in [2.45, 2.75) is 25.2 Å². The Balaban J connectivity index is 1.57. The maximum absolute atomic E-state index is 12.1. The highest BCUT2D eigenvalue weighted by Gasteiger charge is 2.19. The number of amides is 1. The van der Waals surface area contributed by atoms with Crippen molar-refractivity contribution >= 4 is 5.91 Å². The van der Waals surface area contributed by atoms with Gasteiger partial charge < -0.3 is 10.1 Å². The molecule has 1 saturated heterocycles. The summed E-state index contributed by atoms with van der Waals surface area (Å²) in [6.45, 7) is 2.22. The van der Waals surface area contributed by atoms with Gasteiger partial charge in [0.15, 0.2) is 0 Å². The maximum Gasteiger partial charge on any atom is 0.220 e. The maximum atomic E-state index is 12.1. The van der Waals surface area contributed by atoms with Crippen LogP contribution in [-0.2, 0) is 9.53 Å². The smallest absolute Gasteiger partial charge is 0.220 e. The zero-order valence-electron chi connectivity index (χ0n) is 14.0. The van der Waals surface area contributed by atoms with Gasteiger partial charge in [0.25, 0.3) is 0 Å². The van der Waals surface area contributed by atoms with E-state index in [0.29, 0.717) is 24.8 Å². The van der Waals surface area contributed by atoms with Gasteiger partial charge in [-0.15, -0.1) is 0 Å². The Morgan fingerprint density at radius 2 is 1.67 bits per heavy atom. The molecule has 3 nitrogen and oxygen atoms in total. The van der Waals surface area contributed by atoms with Crippen molar-refractivity contribution < 1.29 is 9.53 Å². The molecule has 0 saturated carbocycles. The molecule has 1 aliphatic heterocycles. The van der Waals surface area contributed by atoms with Crippen molar-refractivity contribution in [3.05, 3.63) is 71.8 Å². The van der Waals surface area contributed by atoms with Crippen LogP contribution in [-0.4, -0.2) is 25.7 Å². The summed E-state index contributed by atoms with van der Waals surface area (Å²) in [5.74, 6) is 0.844. The third-order valence-corrected chi connectivity index (χ3v) is 4.66. The topological polar surface area (TPSA) is 38.3 Å². The minimum absolute atomic E-state index is 0.144. The summed E-state index contributed by atoms with van der Waals surface area (Å²) >= 11 is 0. The standard InChI is InChI=1S/C21H25NO2/c23-21(15-17-12-14-24-16-17)22-13-11-20(18-7-3-1-4-8-18)19-9-5-2-6-10-19/h1-10,17,20H,11-16H2,(H,22,23)/t17-/m0/s1. The van der Waals surface area contributed by atoms with Crippen molar-refractivity contribution in [3.63, 3.8) is 0 Å². The SMILES string of the molecule is O=C(C[C@@H]1CCOC1)NCCC(c1ccccc1)c1ccccc1. The van der Waals surface area contributed by atoms with Gasteiger partial charge >= 0.3 is 0 Å². The van der Waals surface area contributed by atoms with Crippen LogP contribution in [0, 0.1) is 5.92 Å². The monoisotopic (exact) mass is 323 g/mol. The van der Waals surface area contributed by atoms with Crippen molar-refractivity contribution in [1.29, 1.82) is 0 Å². The van der Waals surface area contributed by atoms with E-state index in [1.54, 1.807) is 0 Å². The molecule has 1 amide bonds. The van der Waals surface area contributed by atoms with Crippen molar-refractivity contribution in [2.75, 3.05) is 19.8 Å². The van der Waals surface area contributed by atoms with E-state index in [1.807, 2.05) is 12.1 Å². The lowest BCUT2D eigenvalue weighted by molar-refractivity contribution is -0.122. The lowest BCUT2D eigenvalue weighted by atomic mass is 9.88. The van der Waals surface area contributed by atoms with E-state index < -0.39 is 0 Å². The second kappa shape index (κ2) is 8.65. The van der Waals surface area contributed by atoms with Gasteiger partial charge in [0.05, 0.1) is 0 Å². The van der Waals surface area contributed by atoms with E-state index in [2.05, 4.69) is 53.8 Å². The Bertz CT molecular complexity index is 581. The van der Waals surface area contributed by atoms with Gasteiger partial charge in [0.1, 0.15) is 0 Å². The highest BCUT2D eigenvalue weighted by Crippen LogP contribution is 2.27. The van der Waals surface area contributed by atoms with Crippen LogP contribution in [0.25, 0.3) is 0 Å². The Morgan fingerprint density at radius 3 is 2.21 bits per heavy atom. The van der Waals surface area contributed by atoms with Gasteiger partial charge in [-0.2, -0.15) is 0 Å². The molecule has 1 aliphatic rings. The van der Waals surface area contributed by atoms with Crippen molar-refractivity contribution in [3.8, 4) is 0 Å². The first-order chi connectivity index (χ1) is 11.8. The van der Waals surface area contributed by atoms with Crippen LogP contribution in [0.4, 0.5) is 0 Å². The molecule has 1 heterocycles. The number of benzene rings is 2. The van der Waals surface area contributed by atoms with E-state index in [4.69, 9.17) is 4.74 Å². The summed E-state index contributed by atoms with van der Waals surface area (Å²) in [5, 5.41) is 3.09. The van der Waals surface area contributed by atoms with E-state index >= 15 is 0 Å². The highest BCUT2D eigenvalue weighted by atomic mass is 16.5. The van der Waals surface area contributed by atoms with Gasteiger partial charge in [-0.1, -0.05) is 60.7 Å². The number of nitrogens with one attached hydrogen (secondary N) is 1. The normalized spacial score (nSPS) is 17.1. The number of carbonyl (C=O) groups is 1. The van der Waals surface area contributed by atoms with Crippen LogP contribution in [0.15, 0.2) is 60.7 Å². The molecule has 2 aromatic carbocycles. The molecule has 0 radical (unpaired) electrons. The third-order valence-electron chi connectivity index (χ3n) is 4.66. The minimum atomic E-state index is 0.144. The molecular formula is C21H25NO2. The van der Waals surface area contributed by atoms with Crippen LogP contribution < -0.4 is 5.32 Å². The molecule has 0 unspecified atom stereocenters. The number of hydrogen-bond donors (Lipinski definition) is 1. The molecule has 3 rings (SSSR count). The number of hydrogen-bond acceptors (Lipinski definition) is 2. The lowest BCUT2D eigenvalue weighted by Crippen LogP contribution is -2.27. The predicted molar refractivity (Wildman–Crippen MR) is 95.9 cm³/mol. The molecule has 1 atom stereocenters. The van der Waals surface area contributed by atoms with Crippen LogP contribution in [0.5, 0.6) is 0 Å². The number of ether oxygens (including phenoxy) is 1. The van der Waals surface area contributed by atoms with E-state index in [1.165, 1.54) is 11.1 Å². The Kier molecular flexibility index (Phi) is 6.02. The molecule has 1 fully saturated rings. The second-order valence-electron chi connectivity index (χ2n) is 6.45. The first-order valence-electron chi connectivity index (χ1n) is 8.77. The van der Waals surface area contributed by atoms with Gasteiger partial charge in [-0.3, -0.25) is 4.79 Å². The first-order valence-corrected chi connectivity index (χ1v) is 8.77. The van der Waals surface area contributed by atoms with Gasteiger partial charge in [0, 0.05) is 32.1 Å². The summed E-state index contributed by atoms with van der Waals surface area (Å²) in [6.07, 6.45) is 2.49. The second-order valence-corrected chi connectivity index (χ2v) is 6.45. The summed E-state index contributed by atoms with van der Waals surface area (Å²) < 4.78 is 5.34. The molecule has 126 valence electrons. The van der Waals surface area contributed by atoms with Crippen LogP contribution in [0.2, 0.25) is 0 Å². The Hall–Kier alpha value is -2.13. The van der Waals surface area contributed by atoms with Crippen LogP contribution in [0.3, 0.4) is 0 Å². The summed E-state index contributed by atoms with van der Waals surface area (Å²) in [7, 11) is 0. The molecular weight excluding hydrogens is 298 g/mol. The third kappa shape index (κ3) is 4.68. The van der Waals surface area contributed by atoms with Gasteiger partial charge in [-0.25, -0.2) is 0 Å². The lowest BCUT2D eigenvalue weighted by Gasteiger charge is -2.18. The summed E-state index contributed by atoms with van der Waals surface area (Å²) in [4.78, 5) is 12.1. The largest absolute Gasteiger partial charge is 0.381 e. The Morgan fingerprint density at radius 1 is 1.04 bits per heavy atom. The molecule has 0 aromatic heterocycles. The number of carbonyl (C=O) groups excluding carboxylic acids is 1. The molecule has 2 aromatic rings. The van der Waals surface area contributed by atoms with Crippen molar-refractivity contribution in [1.82, 2.24) is 5.32 Å². The number of rotatable bonds is 7. The predicted octanol–water partition coefficient (Wildman–Crippen LogP) is 3.75. The summed E-state index contributed by atoms with van der Waals surface area (Å²) in [6, 6.07) is 21.0. The summed E-state index contributed by atoms with van der Waals surface area (Å²) in [5.41, 5.74) is 2.59. The van der Waals surface area contributed by atoms with Crippen LogP contribution in [0.1, 0.15) is 36.3 Å². The highest BCUT2D eigenvalue weighted by molar-refractivity contribution is 5.76. The zero-order valence-corrected chi connectivity index (χ0v) is 14.0. The van der Waals surface area contributed by atoms with Crippen molar-refractivity contribution in [2.24, 2.45) is 5.92 Å². The average Bonchev–Trinajstić information content (AvgIpc) is 3.13. The van der Waals surface area contributed by atoms with E-state index in [9.17, 15) is 4.79 Å². The molecule has 24 heavy (non-hydrogen) atoms. The van der Waals surface area contributed by atoms with Gasteiger partial charge in [0.2, 0.25) is 5.91 Å². The zero-order chi connectivity index (χ0) is 16.6. The Labute approximate surface area is 144 Å². The molecule has 3 heteroatoms. The molecule has 0 bridgehead atoms. The quantitative estimate of drug-likeness (QED) is 0.843. The molecule has 0 aliphatic carbocycles. The fraction of sp³-hybridized carbons (Fsp3) is 0.381. The fourth-order valence-corrected chi connectivity index (χ4v) is 3.33. The van der Waals surface area contributed by atoms with Gasteiger partial charge in [-0.05, 0) is 29.9 Å². The minimum Gasteiger partial charge on any atom is -0.381 e. The van der Waals surface area contributed by atoms with Crippen LogP contribution >= 0.6 is 0 Å². The molecule has 0 spiro atoms. The van der Waals surface area contributed by atoms with E-state index in [-0.39, 0.29) is 5.91 Å². The average molecular weight is 323 g/mol. The molecule has 1 N–H and O–H groups in total.